The summed E-state index contributed by atoms with van der Waals surface area (Å²) in [5.74, 6) is 0. The van der Waals surface area contributed by atoms with Crippen LogP contribution < -0.4 is 5.32 Å². The van der Waals surface area contributed by atoms with Crippen molar-refractivity contribution in [1.29, 1.82) is 0 Å². The number of anilines is 1. The Kier molecular flexibility index (Phi) is 3.61. The Morgan fingerprint density at radius 3 is 2.61 bits per heavy atom. The minimum absolute atomic E-state index is 0.526. The van der Waals surface area contributed by atoms with Gasteiger partial charge in [-0.05, 0) is 36.1 Å². The van der Waals surface area contributed by atoms with Crippen molar-refractivity contribution in [3.8, 4) is 0 Å². The number of benzene rings is 1. The van der Waals surface area contributed by atoms with Crippen molar-refractivity contribution in [2.75, 3.05) is 5.32 Å². The largest absolute Gasteiger partial charge is 0.416 e. The van der Waals surface area contributed by atoms with Gasteiger partial charge in [0.15, 0.2) is 0 Å². The molecule has 1 heterocycles. The van der Waals surface area contributed by atoms with Crippen molar-refractivity contribution >= 4 is 17.0 Å². The van der Waals surface area contributed by atoms with Crippen LogP contribution in [0.4, 0.5) is 18.9 Å². The van der Waals surface area contributed by atoms with Gasteiger partial charge in [-0.3, -0.25) is 0 Å². The summed E-state index contributed by atoms with van der Waals surface area (Å²) in [5, 5.41) is 4.98. The first-order valence-electron chi connectivity index (χ1n) is 5.41. The molecule has 0 fully saturated rings. The molecule has 0 spiro atoms. The highest BCUT2D eigenvalue weighted by Crippen LogP contribution is 2.32. The van der Waals surface area contributed by atoms with E-state index in [1.807, 2.05) is 17.5 Å². The van der Waals surface area contributed by atoms with Gasteiger partial charge in [-0.1, -0.05) is 12.1 Å². The normalized spacial score (nSPS) is 11.6. The summed E-state index contributed by atoms with van der Waals surface area (Å²) in [5.41, 5.74) is 0.708. The molecule has 5 heteroatoms. The molecule has 0 unspecified atom stereocenters. The first-order chi connectivity index (χ1) is 8.47. The summed E-state index contributed by atoms with van der Waals surface area (Å²) in [6.07, 6.45) is -4.30. The highest BCUT2D eigenvalue weighted by molar-refractivity contribution is 7.09. The zero-order valence-corrected chi connectivity index (χ0v) is 10.5. The third kappa shape index (κ3) is 3.04. The molecule has 2 rings (SSSR count). The summed E-state index contributed by atoms with van der Waals surface area (Å²) in [6, 6.07) is 7.61. The predicted octanol–water partition coefficient (Wildman–Crippen LogP) is 4.69. The average Bonchev–Trinajstić information content (AvgIpc) is 2.79. The first kappa shape index (κ1) is 13.0. The Balaban J connectivity index is 2.16. The molecule has 0 radical (unpaired) electrons. The fraction of sp³-hybridized carbons (Fsp3) is 0.231. The molecule has 1 aromatic carbocycles. The average molecular weight is 271 g/mol. The first-order valence-corrected chi connectivity index (χ1v) is 6.29. The molecule has 96 valence electrons. The van der Waals surface area contributed by atoms with Crippen molar-refractivity contribution in [3.63, 3.8) is 0 Å². The maximum absolute atomic E-state index is 12.6. The smallest absolute Gasteiger partial charge is 0.380 e. The van der Waals surface area contributed by atoms with Crippen LogP contribution in [0.15, 0.2) is 35.7 Å². The van der Waals surface area contributed by atoms with Gasteiger partial charge in [0, 0.05) is 17.1 Å². The van der Waals surface area contributed by atoms with Gasteiger partial charge in [0.2, 0.25) is 0 Å². The van der Waals surface area contributed by atoms with Crippen LogP contribution in [0, 0.1) is 6.92 Å². The summed E-state index contributed by atoms with van der Waals surface area (Å²) >= 11 is 1.57. The summed E-state index contributed by atoms with van der Waals surface area (Å²) in [6.45, 7) is 2.33. The number of thiophene rings is 1. The van der Waals surface area contributed by atoms with E-state index >= 15 is 0 Å². The molecule has 0 amide bonds. The van der Waals surface area contributed by atoms with Gasteiger partial charge in [0.1, 0.15) is 0 Å². The summed E-state index contributed by atoms with van der Waals surface area (Å²) in [4.78, 5) is 1.09. The second-order valence-electron chi connectivity index (χ2n) is 3.96. The fourth-order valence-electron chi connectivity index (χ4n) is 1.58. The van der Waals surface area contributed by atoms with E-state index in [1.54, 1.807) is 18.3 Å². The summed E-state index contributed by atoms with van der Waals surface area (Å²) in [7, 11) is 0. The van der Waals surface area contributed by atoms with Gasteiger partial charge >= 0.3 is 6.18 Å². The fourth-order valence-corrected chi connectivity index (χ4v) is 2.23. The van der Waals surface area contributed by atoms with Crippen molar-refractivity contribution < 1.29 is 13.2 Å². The quantitative estimate of drug-likeness (QED) is 0.854. The Morgan fingerprint density at radius 1 is 1.22 bits per heavy atom. The van der Waals surface area contributed by atoms with Crippen LogP contribution >= 0.6 is 11.3 Å². The molecule has 0 aliphatic heterocycles. The second-order valence-corrected chi connectivity index (χ2v) is 4.99. The van der Waals surface area contributed by atoms with Crippen molar-refractivity contribution in [3.05, 3.63) is 51.7 Å². The maximum atomic E-state index is 12.6. The molecule has 1 nitrogen and oxygen atoms in total. The highest BCUT2D eigenvalue weighted by atomic mass is 32.1. The third-order valence-corrected chi connectivity index (χ3v) is 3.47. The SMILES string of the molecule is Cc1ccc(C(F)(F)F)cc1NCc1cccs1. The number of hydrogen-bond donors (Lipinski definition) is 1. The second kappa shape index (κ2) is 5.02. The van der Waals surface area contributed by atoms with E-state index in [2.05, 4.69) is 5.32 Å². The van der Waals surface area contributed by atoms with E-state index < -0.39 is 11.7 Å². The Morgan fingerprint density at radius 2 is 2.00 bits per heavy atom. The lowest BCUT2D eigenvalue weighted by molar-refractivity contribution is -0.137. The molecule has 1 N–H and O–H groups in total. The third-order valence-electron chi connectivity index (χ3n) is 2.60. The van der Waals surface area contributed by atoms with Crippen molar-refractivity contribution in [1.82, 2.24) is 0 Å². The van der Waals surface area contributed by atoms with E-state index in [0.29, 0.717) is 12.2 Å². The molecular formula is C13H12F3NS. The zero-order chi connectivity index (χ0) is 13.2. The highest BCUT2D eigenvalue weighted by Gasteiger charge is 2.30. The van der Waals surface area contributed by atoms with E-state index in [0.717, 1.165) is 22.6 Å². The lowest BCUT2D eigenvalue weighted by Gasteiger charge is -2.12. The molecular weight excluding hydrogens is 259 g/mol. The molecule has 18 heavy (non-hydrogen) atoms. The lowest BCUT2D eigenvalue weighted by atomic mass is 10.1. The molecule has 2 aromatic rings. The number of aryl methyl sites for hydroxylation is 1. The Labute approximate surface area is 107 Å². The van der Waals surface area contributed by atoms with Crippen LogP contribution in [0.3, 0.4) is 0 Å². The topological polar surface area (TPSA) is 12.0 Å². The number of hydrogen-bond acceptors (Lipinski definition) is 2. The molecule has 0 saturated heterocycles. The monoisotopic (exact) mass is 271 g/mol. The molecule has 0 aliphatic carbocycles. The van der Waals surface area contributed by atoms with Crippen LogP contribution in [0.5, 0.6) is 0 Å². The van der Waals surface area contributed by atoms with Gasteiger partial charge in [0.05, 0.1) is 5.56 Å². The summed E-state index contributed by atoms with van der Waals surface area (Å²) < 4.78 is 37.8. The number of halogens is 3. The Hall–Kier alpha value is -1.49. The molecule has 0 atom stereocenters. The Bertz CT molecular complexity index is 518. The zero-order valence-electron chi connectivity index (χ0n) is 9.71. The predicted molar refractivity (Wildman–Crippen MR) is 67.8 cm³/mol. The van der Waals surface area contributed by atoms with Gasteiger partial charge in [-0.2, -0.15) is 13.2 Å². The van der Waals surface area contributed by atoms with Crippen LogP contribution in [-0.2, 0) is 12.7 Å². The van der Waals surface area contributed by atoms with E-state index in [-0.39, 0.29) is 0 Å². The van der Waals surface area contributed by atoms with Crippen molar-refractivity contribution in [2.24, 2.45) is 0 Å². The van der Waals surface area contributed by atoms with Crippen LogP contribution in [0.1, 0.15) is 16.0 Å². The van der Waals surface area contributed by atoms with E-state index in [1.165, 1.54) is 6.07 Å². The van der Waals surface area contributed by atoms with Crippen LogP contribution in [-0.4, -0.2) is 0 Å². The van der Waals surface area contributed by atoms with Crippen LogP contribution in [0.2, 0.25) is 0 Å². The van der Waals surface area contributed by atoms with Gasteiger partial charge in [0.25, 0.3) is 0 Å². The number of alkyl halides is 3. The minimum Gasteiger partial charge on any atom is -0.380 e. The standard InChI is InChI=1S/C13H12F3NS/c1-9-4-5-10(13(14,15)16)7-12(9)17-8-11-3-2-6-18-11/h2-7,17H,8H2,1H3. The molecule has 0 bridgehead atoms. The minimum atomic E-state index is -4.30. The maximum Gasteiger partial charge on any atom is 0.416 e. The van der Waals surface area contributed by atoms with E-state index in [4.69, 9.17) is 0 Å². The molecule has 0 saturated carbocycles. The van der Waals surface area contributed by atoms with Gasteiger partial charge in [-0.15, -0.1) is 11.3 Å². The lowest BCUT2D eigenvalue weighted by Crippen LogP contribution is -2.07. The van der Waals surface area contributed by atoms with E-state index in [9.17, 15) is 13.2 Å². The van der Waals surface area contributed by atoms with Gasteiger partial charge < -0.3 is 5.32 Å². The van der Waals surface area contributed by atoms with Crippen molar-refractivity contribution in [2.45, 2.75) is 19.6 Å². The van der Waals surface area contributed by atoms with Crippen LogP contribution in [0.25, 0.3) is 0 Å². The number of nitrogens with one attached hydrogen (secondary N) is 1. The molecule has 0 aliphatic rings. The number of rotatable bonds is 3. The molecule has 1 aromatic heterocycles. The van der Waals surface area contributed by atoms with Gasteiger partial charge in [-0.25, -0.2) is 0 Å².